The lowest BCUT2D eigenvalue weighted by Crippen LogP contribution is -2.33. The number of ether oxygens (including phenoxy) is 1. The molecule has 1 heterocycles. The molecule has 1 rings (SSSR count). The number of anilines is 2. The minimum atomic E-state index is 0.00642. The second-order valence-electron chi connectivity index (χ2n) is 4.84. The number of carbonyl (C=O) groups is 1. The highest BCUT2D eigenvalue weighted by atomic mass is 16.5. The third-order valence-corrected chi connectivity index (χ3v) is 2.95. The van der Waals surface area contributed by atoms with Crippen LogP contribution < -0.4 is 21.1 Å². The third kappa shape index (κ3) is 5.85. The predicted octanol–water partition coefficient (Wildman–Crippen LogP) is 1.56. The Bertz CT molecular complexity index is 453. The van der Waals surface area contributed by atoms with Gasteiger partial charge >= 0.3 is 0 Å². The van der Waals surface area contributed by atoms with Crippen molar-refractivity contribution in [2.45, 2.75) is 46.1 Å². The molecule has 0 spiro atoms. The number of nitrogens with zero attached hydrogens (tertiary/aromatic N) is 2. The van der Waals surface area contributed by atoms with Gasteiger partial charge in [0.15, 0.2) is 5.82 Å². The van der Waals surface area contributed by atoms with Crippen molar-refractivity contribution < 1.29 is 9.53 Å². The molecule has 7 nitrogen and oxygen atoms in total. The summed E-state index contributed by atoms with van der Waals surface area (Å²) in [5, 5.41) is 5.94. The van der Waals surface area contributed by atoms with Crippen molar-refractivity contribution in [3.05, 3.63) is 6.33 Å². The molecule has 21 heavy (non-hydrogen) atoms. The molecule has 0 bridgehead atoms. The zero-order chi connectivity index (χ0) is 15.7. The lowest BCUT2D eigenvalue weighted by Gasteiger charge is -2.13. The van der Waals surface area contributed by atoms with Crippen molar-refractivity contribution >= 4 is 17.4 Å². The van der Waals surface area contributed by atoms with E-state index >= 15 is 0 Å². The zero-order valence-electron chi connectivity index (χ0n) is 13.0. The van der Waals surface area contributed by atoms with Crippen molar-refractivity contribution in [1.82, 2.24) is 15.3 Å². The van der Waals surface area contributed by atoms with E-state index in [4.69, 9.17) is 10.5 Å². The van der Waals surface area contributed by atoms with Crippen LogP contribution in [0.2, 0.25) is 0 Å². The van der Waals surface area contributed by atoms with E-state index in [0.717, 1.165) is 12.8 Å². The topological polar surface area (TPSA) is 102 Å². The number of aromatic nitrogens is 2. The van der Waals surface area contributed by atoms with Gasteiger partial charge in [0.25, 0.3) is 0 Å². The zero-order valence-corrected chi connectivity index (χ0v) is 13.0. The third-order valence-electron chi connectivity index (χ3n) is 2.95. The molecule has 0 aliphatic heterocycles. The predicted molar refractivity (Wildman–Crippen MR) is 83.2 cm³/mol. The summed E-state index contributed by atoms with van der Waals surface area (Å²) in [6.07, 6.45) is 3.54. The van der Waals surface area contributed by atoms with Gasteiger partial charge in [-0.1, -0.05) is 13.8 Å². The monoisotopic (exact) mass is 295 g/mol. The highest BCUT2D eigenvalue weighted by Gasteiger charge is 2.10. The highest BCUT2D eigenvalue weighted by Crippen LogP contribution is 2.24. The molecular weight excluding hydrogens is 270 g/mol. The number of amides is 1. The van der Waals surface area contributed by atoms with Gasteiger partial charge in [-0.3, -0.25) is 4.79 Å². The van der Waals surface area contributed by atoms with Gasteiger partial charge in [0.1, 0.15) is 12.0 Å². The average molecular weight is 295 g/mol. The number of hydrogen-bond donors (Lipinski definition) is 3. The van der Waals surface area contributed by atoms with Crippen LogP contribution in [0.15, 0.2) is 6.33 Å². The summed E-state index contributed by atoms with van der Waals surface area (Å²) in [7, 11) is 0. The molecule has 1 unspecified atom stereocenters. The number of nitrogens with one attached hydrogen (secondary N) is 2. The van der Waals surface area contributed by atoms with Crippen LogP contribution in [0.3, 0.4) is 0 Å². The van der Waals surface area contributed by atoms with Gasteiger partial charge in [-0.2, -0.15) is 4.98 Å². The Morgan fingerprint density at radius 3 is 2.86 bits per heavy atom. The van der Waals surface area contributed by atoms with Gasteiger partial charge in [0.2, 0.25) is 11.8 Å². The van der Waals surface area contributed by atoms with Crippen LogP contribution in [0.25, 0.3) is 0 Å². The molecule has 0 aliphatic carbocycles. The maximum Gasteiger partial charge on any atom is 0.242 e. The Kier molecular flexibility index (Phi) is 7.28. The summed E-state index contributed by atoms with van der Waals surface area (Å²) in [6.45, 7) is 7.02. The Balaban J connectivity index is 2.46. The maximum atomic E-state index is 11.7. The number of rotatable bonds is 9. The van der Waals surface area contributed by atoms with Crippen LogP contribution in [0, 0.1) is 0 Å². The van der Waals surface area contributed by atoms with Crippen molar-refractivity contribution in [3.63, 3.8) is 0 Å². The van der Waals surface area contributed by atoms with Crippen LogP contribution in [-0.4, -0.2) is 35.1 Å². The van der Waals surface area contributed by atoms with Gasteiger partial charge in [-0.25, -0.2) is 4.98 Å². The fraction of sp³-hybridized carbons (Fsp3) is 0.643. The first kappa shape index (κ1) is 17.0. The molecule has 1 atom stereocenters. The lowest BCUT2D eigenvalue weighted by atomic mass is 10.2. The van der Waals surface area contributed by atoms with Gasteiger partial charge in [-0.15, -0.1) is 0 Å². The summed E-state index contributed by atoms with van der Waals surface area (Å²) in [5.74, 6) is 0.873. The Labute approximate surface area is 125 Å². The molecule has 7 heteroatoms. The first-order valence-electron chi connectivity index (χ1n) is 7.34. The first-order valence-corrected chi connectivity index (χ1v) is 7.34. The van der Waals surface area contributed by atoms with Crippen LogP contribution >= 0.6 is 0 Å². The van der Waals surface area contributed by atoms with Crippen LogP contribution in [0.1, 0.15) is 40.0 Å². The summed E-state index contributed by atoms with van der Waals surface area (Å²) < 4.78 is 5.43. The molecule has 4 N–H and O–H groups in total. The normalized spacial score (nSPS) is 11.8. The molecule has 0 radical (unpaired) electrons. The quantitative estimate of drug-likeness (QED) is 0.639. The number of nitrogen functional groups attached to an aromatic ring is 1. The maximum absolute atomic E-state index is 11.7. The number of carbonyl (C=O) groups excluding carboxylic acids is 1. The van der Waals surface area contributed by atoms with Crippen LogP contribution in [0.5, 0.6) is 5.88 Å². The van der Waals surface area contributed by atoms with Gasteiger partial charge in [0.05, 0.1) is 6.61 Å². The number of nitrogens with two attached hydrogens (primary N) is 1. The Morgan fingerprint density at radius 2 is 2.19 bits per heavy atom. The molecule has 1 aromatic rings. The summed E-state index contributed by atoms with van der Waals surface area (Å²) in [4.78, 5) is 19.7. The van der Waals surface area contributed by atoms with Crippen LogP contribution in [-0.2, 0) is 4.79 Å². The van der Waals surface area contributed by atoms with E-state index in [9.17, 15) is 4.79 Å². The second kappa shape index (κ2) is 8.99. The molecule has 118 valence electrons. The molecule has 0 aliphatic rings. The molecule has 0 saturated carbocycles. The van der Waals surface area contributed by atoms with Gasteiger partial charge in [0, 0.05) is 19.0 Å². The van der Waals surface area contributed by atoms with E-state index in [-0.39, 0.29) is 11.9 Å². The SMILES string of the molecule is CCCOc1ncnc(NCCC(=O)NC(C)CC)c1N. The van der Waals surface area contributed by atoms with E-state index in [0.29, 0.717) is 37.0 Å². The molecule has 1 aromatic heterocycles. The highest BCUT2D eigenvalue weighted by molar-refractivity contribution is 5.77. The van der Waals surface area contributed by atoms with Crippen LogP contribution in [0.4, 0.5) is 11.5 Å². The molecular formula is C14H25N5O2. The van der Waals surface area contributed by atoms with Gasteiger partial charge < -0.3 is 21.1 Å². The first-order chi connectivity index (χ1) is 10.1. The molecule has 0 aromatic carbocycles. The van der Waals surface area contributed by atoms with Crippen molar-refractivity contribution in [1.29, 1.82) is 0 Å². The Morgan fingerprint density at radius 1 is 1.43 bits per heavy atom. The fourth-order valence-electron chi connectivity index (χ4n) is 1.58. The van der Waals surface area contributed by atoms with E-state index < -0.39 is 0 Å². The lowest BCUT2D eigenvalue weighted by molar-refractivity contribution is -0.121. The Hall–Kier alpha value is -2.05. The largest absolute Gasteiger partial charge is 0.476 e. The van der Waals surface area contributed by atoms with E-state index in [1.807, 2.05) is 20.8 Å². The van der Waals surface area contributed by atoms with Crippen molar-refractivity contribution in [3.8, 4) is 5.88 Å². The second-order valence-corrected chi connectivity index (χ2v) is 4.84. The van der Waals surface area contributed by atoms with E-state index in [1.54, 1.807) is 0 Å². The summed E-state index contributed by atoms with van der Waals surface area (Å²) in [6, 6.07) is 0.190. The minimum absolute atomic E-state index is 0.00642. The van der Waals surface area contributed by atoms with E-state index in [2.05, 4.69) is 20.6 Å². The average Bonchev–Trinajstić information content (AvgIpc) is 2.47. The summed E-state index contributed by atoms with van der Waals surface area (Å²) in [5.41, 5.74) is 6.30. The number of hydrogen-bond acceptors (Lipinski definition) is 6. The fourth-order valence-corrected chi connectivity index (χ4v) is 1.58. The van der Waals surface area contributed by atoms with Crippen molar-refractivity contribution in [2.75, 3.05) is 24.2 Å². The van der Waals surface area contributed by atoms with Gasteiger partial charge in [-0.05, 0) is 19.8 Å². The molecule has 0 saturated heterocycles. The smallest absolute Gasteiger partial charge is 0.242 e. The summed E-state index contributed by atoms with van der Waals surface area (Å²) >= 11 is 0. The van der Waals surface area contributed by atoms with E-state index in [1.165, 1.54) is 6.33 Å². The molecule has 0 fully saturated rings. The minimum Gasteiger partial charge on any atom is -0.476 e. The van der Waals surface area contributed by atoms with Crippen molar-refractivity contribution in [2.24, 2.45) is 0 Å². The molecule has 1 amide bonds. The standard InChI is InChI=1S/C14H25N5O2/c1-4-8-21-14-12(15)13(17-9-18-14)16-7-6-11(20)19-10(3)5-2/h9-10H,4-8,15H2,1-3H3,(H,19,20)(H,16,17,18).